The summed E-state index contributed by atoms with van der Waals surface area (Å²) in [6, 6.07) is 12.1. The SMILES string of the molecule is COc1cc(OC)c(F)c(-c2nc(-c3cccnc3)nc3c(-c4ccccc4F)nccc23)c1F. The van der Waals surface area contributed by atoms with Crippen molar-refractivity contribution in [1.29, 1.82) is 0 Å². The second kappa shape index (κ2) is 9.02. The molecule has 0 amide bonds. The third-order valence-electron chi connectivity index (χ3n) is 5.47. The fourth-order valence-corrected chi connectivity index (χ4v) is 3.81. The van der Waals surface area contributed by atoms with E-state index in [0.717, 1.165) is 6.07 Å². The topological polar surface area (TPSA) is 70.0 Å². The molecule has 0 radical (unpaired) electrons. The number of fused-ring (bicyclic) bond motifs is 1. The number of benzene rings is 2. The van der Waals surface area contributed by atoms with Crippen molar-refractivity contribution in [2.45, 2.75) is 0 Å². The van der Waals surface area contributed by atoms with Crippen molar-refractivity contribution in [2.75, 3.05) is 14.2 Å². The van der Waals surface area contributed by atoms with Gasteiger partial charge in [-0.05, 0) is 30.3 Å². The Morgan fingerprint density at radius 2 is 1.51 bits per heavy atom. The number of halogens is 3. The Morgan fingerprint density at radius 3 is 2.17 bits per heavy atom. The molecule has 0 spiro atoms. The van der Waals surface area contributed by atoms with Gasteiger partial charge in [0.25, 0.3) is 0 Å². The third-order valence-corrected chi connectivity index (χ3v) is 5.47. The van der Waals surface area contributed by atoms with E-state index in [1.807, 2.05) is 0 Å². The molecule has 0 saturated carbocycles. The Kier molecular flexibility index (Phi) is 5.74. The first kappa shape index (κ1) is 22.3. The van der Waals surface area contributed by atoms with Gasteiger partial charge in [-0.15, -0.1) is 0 Å². The second-order valence-electron chi connectivity index (χ2n) is 7.46. The van der Waals surface area contributed by atoms with Gasteiger partial charge in [-0.3, -0.25) is 9.97 Å². The van der Waals surface area contributed by atoms with Gasteiger partial charge in [0.05, 0.1) is 31.2 Å². The van der Waals surface area contributed by atoms with Gasteiger partial charge in [0.2, 0.25) is 0 Å². The number of methoxy groups -OCH3 is 2. The van der Waals surface area contributed by atoms with Crippen molar-refractivity contribution < 1.29 is 22.6 Å². The highest BCUT2D eigenvalue weighted by Gasteiger charge is 2.26. The van der Waals surface area contributed by atoms with E-state index >= 15 is 8.78 Å². The largest absolute Gasteiger partial charge is 0.494 e. The summed E-state index contributed by atoms with van der Waals surface area (Å²) < 4.78 is 56.0. The number of rotatable bonds is 5. The predicted molar refractivity (Wildman–Crippen MR) is 124 cm³/mol. The van der Waals surface area contributed by atoms with Crippen molar-refractivity contribution in [1.82, 2.24) is 19.9 Å². The van der Waals surface area contributed by atoms with Crippen LogP contribution in [0.1, 0.15) is 0 Å². The van der Waals surface area contributed by atoms with Gasteiger partial charge < -0.3 is 9.47 Å². The maximum absolute atomic E-state index is 15.5. The van der Waals surface area contributed by atoms with E-state index in [9.17, 15) is 4.39 Å². The monoisotopic (exact) mass is 474 g/mol. The van der Waals surface area contributed by atoms with Crippen molar-refractivity contribution in [3.05, 3.63) is 84.6 Å². The van der Waals surface area contributed by atoms with Gasteiger partial charge in [-0.25, -0.2) is 23.1 Å². The van der Waals surface area contributed by atoms with Crippen LogP contribution in [-0.4, -0.2) is 34.2 Å². The molecule has 35 heavy (non-hydrogen) atoms. The number of aromatic nitrogens is 4. The lowest BCUT2D eigenvalue weighted by atomic mass is 10.0. The molecule has 0 unspecified atom stereocenters. The van der Waals surface area contributed by atoms with Gasteiger partial charge >= 0.3 is 0 Å². The van der Waals surface area contributed by atoms with Crippen LogP contribution in [0.15, 0.2) is 67.1 Å². The molecule has 174 valence electrons. The lowest BCUT2D eigenvalue weighted by Gasteiger charge is -2.15. The predicted octanol–water partition coefficient (Wildman–Crippen LogP) is 5.86. The second-order valence-corrected chi connectivity index (χ2v) is 7.46. The third kappa shape index (κ3) is 3.80. The molecule has 5 rings (SSSR count). The minimum Gasteiger partial charge on any atom is -0.494 e. The molecular weight excluding hydrogens is 457 g/mol. The highest BCUT2D eigenvalue weighted by atomic mass is 19.1. The molecule has 0 saturated heterocycles. The van der Waals surface area contributed by atoms with Crippen LogP contribution >= 0.6 is 0 Å². The first-order valence-corrected chi connectivity index (χ1v) is 10.5. The van der Waals surface area contributed by atoms with Crippen LogP contribution in [0.3, 0.4) is 0 Å². The number of pyridine rings is 2. The first-order chi connectivity index (χ1) is 17.0. The van der Waals surface area contributed by atoms with Crippen LogP contribution in [0.4, 0.5) is 13.2 Å². The lowest BCUT2D eigenvalue weighted by Crippen LogP contribution is -2.04. The summed E-state index contributed by atoms with van der Waals surface area (Å²) in [7, 11) is 2.53. The van der Waals surface area contributed by atoms with Crippen LogP contribution in [0.2, 0.25) is 0 Å². The number of ether oxygens (including phenoxy) is 2. The molecule has 0 atom stereocenters. The summed E-state index contributed by atoms with van der Waals surface area (Å²) in [5.74, 6) is -2.77. The van der Waals surface area contributed by atoms with E-state index in [1.54, 1.807) is 36.5 Å². The summed E-state index contributed by atoms with van der Waals surface area (Å²) in [5, 5.41) is 0.263. The highest BCUT2D eigenvalue weighted by molar-refractivity contribution is 6.00. The fraction of sp³-hybridized carbons (Fsp3) is 0.0769. The van der Waals surface area contributed by atoms with E-state index < -0.39 is 23.0 Å². The molecule has 6 nitrogen and oxygen atoms in total. The summed E-state index contributed by atoms with van der Waals surface area (Å²) in [5.41, 5.74) is 0.552. The smallest absolute Gasteiger partial charge is 0.177 e. The van der Waals surface area contributed by atoms with Gasteiger partial charge in [-0.1, -0.05) is 12.1 Å². The zero-order valence-electron chi connectivity index (χ0n) is 18.6. The summed E-state index contributed by atoms with van der Waals surface area (Å²) in [6.45, 7) is 0. The van der Waals surface area contributed by atoms with Crippen LogP contribution in [0.5, 0.6) is 11.5 Å². The van der Waals surface area contributed by atoms with Gasteiger partial charge in [0, 0.05) is 41.2 Å². The zero-order valence-corrected chi connectivity index (χ0v) is 18.6. The molecule has 2 aromatic carbocycles. The molecule has 0 aliphatic rings. The zero-order chi connectivity index (χ0) is 24.5. The Balaban J connectivity index is 1.93. The van der Waals surface area contributed by atoms with Crippen LogP contribution in [0, 0.1) is 17.5 Å². The molecule has 0 aliphatic carbocycles. The number of hydrogen-bond acceptors (Lipinski definition) is 6. The van der Waals surface area contributed by atoms with Crippen molar-refractivity contribution in [2.24, 2.45) is 0 Å². The highest BCUT2D eigenvalue weighted by Crippen LogP contribution is 2.41. The first-order valence-electron chi connectivity index (χ1n) is 10.5. The minimum atomic E-state index is -0.966. The van der Waals surface area contributed by atoms with E-state index in [4.69, 9.17) is 9.47 Å². The van der Waals surface area contributed by atoms with Crippen LogP contribution < -0.4 is 9.47 Å². The summed E-state index contributed by atoms with van der Waals surface area (Å²) in [6.07, 6.45) is 4.50. The maximum atomic E-state index is 15.5. The maximum Gasteiger partial charge on any atom is 0.177 e. The van der Waals surface area contributed by atoms with Gasteiger partial charge in [0.1, 0.15) is 11.3 Å². The average Bonchev–Trinajstić information content (AvgIpc) is 2.89. The molecule has 0 N–H and O–H groups in total. The van der Waals surface area contributed by atoms with Crippen molar-refractivity contribution >= 4 is 10.9 Å². The Bertz CT molecular complexity index is 1530. The van der Waals surface area contributed by atoms with Crippen LogP contribution in [-0.2, 0) is 0 Å². The standard InChI is InChI=1S/C26H17F3N4O2/c1-34-18-12-19(35-2)22(29)20(21(18)28)23-16-9-11-31-24(15-7-3-4-8-17(15)27)25(16)33-26(32-23)14-6-5-10-30-13-14/h3-13H,1-2H3. The quantitative estimate of drug-likeness (QED) is 0.318. The molecule has 3 aromatic heterocycles. The average molecular weight is 474 g/mol. The molecule has 9 heteroatoms. The van der Waals surface area contributed by atoms with Crippen molar-refractivity contribution in [3.63, 3.8) is 0 Å². The minimum absolute atomic E-state index is 0.0685. The van der Waals surface area contributed by atoms with E-state index in [-0.39, 0.29) is 45.2 Å². The molecule has 5 aromatic rings. The lowest BCUT2D eigenvalue weighted by molar-refractivity contribution is 0.359. The van der Waals surface area contributed by atoms with Gasteiger partial charge in [0.15, 0.2) is 29.0 Å². The molecule has 0 bridgehead atoms. The van der Waals surface area contributed by atoms with E-state index in [2.05, 4.69) is 19.9 Å². The molecule has 3 heterocycles. The van der Waals surface area contributed by atoms with Crippen molar-refractivity contribution in [3.8, 4) is 45.4 Å². The summed E-state index contributed by atoms with van der Waals surface area (Å²) in [4.78, 5) is 17.5. The van der Waals surface area contributed by atoms with Gasteiger partial charge in [-0.2, -0.15) is 0 Å². The summed E-state index contributed by atoms with van der Waals surface area (Å²) >= 11 is 0. The number of nitrogens with zero attached hydrogens (tertiary/aromatic N) is 4. The Hall–Kier alpha value is -4.53. The fourth-order valence-electron chi connectivity index (χ4n) is 3.81. The molecular formula is C26H17F3N4O2. The number of hydrogen-bond donors (Lipinski definition) is 0. The molecule has 0 fully saturated rings. The van der Waals surface area contributed by atoms with E-state index in [0.29, 0.717) is 5.56 Å². The molecule has 0 aliphatic heterocycles. The van der Waals surface area contributed by atoms with E-state index in [1.165, 1.54) is 38.7 Å². The Labute approximate surface area is 198 Å². The van der Waals surface area contributed by atoms with Crippen LogP contribution in [0.25, 0.3) is 44.8 Å². The normalized spacial score (nSPS) is 11.0. The Morgan fingerprint density at radius 1 is 0.771 bits per heavy atom.